The fourth-order valence-electron chi connectivity index (χ4n) is 3.48. The molecule has 0 spiro atoms. The Morgan fingerprint density at radius 3 is 2.19 bits per heavy atom. The van der Waals surface area contributed by atoms with Gasteiger partial charge in [0.25, 0.3) is 0 Å². The molecule has 0 aliphatic carbocycles. The van der Waals surface area contributed by atoms with Crippen LogP contribution in [0.25, 0.3) is 0 Å². The third kappa shape index (κ3) is 5.68. The van der Waals surface area contributed by atoms with Gasteiger partial charge in [0.1, 0.15) is 0 Å². The third-order valence-electron chi connectivity index (χ3n) is 3.76. The minimum Gasteiger partial charge on any atom is -1.00 e. The van der Waals surface area contributed by atoms with Gasteiger partial charge in [-0.3, -0.25) is 4.79 Å². The van der Waals surface area contributed by atoms with Crippen molar-refractivity contribution in [2.75, 3.05) is 0 Å². The van der Waals surface area contributed by atoms with Crippen molar-refractivity contribution >= 4 is 5.91 Å². The number of rotatable bonds is 3. The van der Waals surface area contributed by atoms with Gasteiger partial charge in [0, 0.05) is 17.1 Å². The van der Waals surface area contributed by atoms with Crippen molar-refractivity contribution in [1.82, 2.24) is 10.6 Å². The van der Waals surface area contributed by atoms with Crippen LogP contribution in [0.3, 0.4) is 0 Å². The molecule has 0 bridgehead atoms. The second kappa shape index (κ2) is 6.80. The average molecular weight is 310 g/mol. The van der Waals surface area contributed by atoms with Crippen LogP contribution in [0.15, 0.2) is 30.3 Å². The average Bonchev–Trinajstić information content (AvgIpc) is 2.25. The molecule has 4 heteroatoms. The van der Waals surface area contributed by atoms with Gasteiger partial charge in [-0.2, -0.15) is 0 Å². The van der Waals surface area contributed by atoms with Crippen LogP contribution in [0.1, 0.15) is 46.1 Å². The van der Waals surface area contributed by atoms with Crippen LogP contribution in [0.4, 0.5) is 0 Å². The van der Waals surface area contributed by atoms with Crippen LogP contribution in [0.2, 0.25) is 0 Å². The van der Waals surface area contributed by atoms with Crippen molar-refractivity contribution < 1.29 is 17.2 Å². The van der Waals surface area contributed by atoms with E-state index in [-0.39, 0.29) is 35.4 Å². The molecule has 21 heavy (non-hydrogen) atoms. The van der Waals surface area contributed by atoms with Gasteiger partial charge in [0.2, 0.25) is 5.91 Å². The standard InChI is InChI=1S/C17H26N2O.ClH/c1-16(2)11-14(12-17(3,4)19-16)18-15(20)10-13-8-6-5-7-9-13;/h5-9,14,19H,10-12H2,1-4H3,(H,18,20);1H/p-1. The first-order valence-corrected chi connectivity index (χ1v) is 7.38. The molecule has 1 aromatic carbocycles. The molecule has 1 saturated heterocycles. The number of halogens is 1. The maximum absolute atomic E-state index is 12.2. The van der Waals surface area contributed by atoms with Crippen molar-refractivity contribution in [3.63, 3.8) is 0 Å². The van der Waals surface area contributed by atoms with Crippen LogP contribution in [0.5, 0.6) is 0 Å². The number of hydrogen-bond acceptors (Lipinski definition) is 2. The number of piperidine rings is 1. The Balaban J connectivity index is 0.00000220. The molecular formula is C17H26ClN2O-. The normalized spacial score (nSPS) is 20.4. The smallest absolute Gasteiger partial charge is 0.224 e. The summed E-state index contributed by atoms with van der Waals surface area (Å²) in [5.41, 5.74) is 1.19. The van der Waals surface area contributed by atoms with E-state index in [4.69, 9.17) is 0 Å². The van der Waals surface area contributed by atoms with Gasteiger partial charge in [0.15, 0.2) is 0 Å². The van der Waals surface area contributed by atoms with Gasteiger partial charge >= 0.3 is 0 Å². The molecular weight excluding hydrogens is 284 g/mol. The quantitative estimate of drug-likeness (QED) is 0.802. The maximum Gasteiger partial charge on any atom is 0.224 e. The SMILES string of the molecule is CC1(C)CC(NC(=O)Cc2ccccc2)CC(C)(C)N1.[Cl-]. The van der Waals surface area contributed by atoms with E-state index in [9.17, 15) is 4.79 Å². The molecule has 1 aromatic rings. The van der Waals surface area contributed by atoms with Gasteiger partial charge < -0.3 is 23.0 Å². The molecule has 0 atom stereocenters. The van der Waals surface area contributed by atoms with Crippen LogP contribution in [-0.4, -0.2) is 23.0 Å². The van der Waals surface area contributed by atoms with Crippen molar-refractivity contribution in [3.05, 3.63) is 35.9 Å². The van der Waals surface area contributed by atoms with Crippen LogP contribution in [0, 0.1) is 0 Å². The Kier molecular flexibility index (Phi) is 5.83. The Morgan fingerprint density at radius 1 is 1.14 bits per heavy atom. The Hall–Kier alpha value is -1.06. The number of carbonyl (C=O) groups is 1. The summed E-state index contributed by atoms with van der Waals surface area (Å²) in [4.78, 5) is 12.2. The van der Waals surface area contributed by atoms with Crippen molar-refractivity contribution in [2.45, 2.75) is 64.1 Å². The summed E-state index contributed by atoms with van der Waals surface area (Å²) >= 11 is 0. The predicted octanol–water partition coefficient (Wildman–Crippen LogP) is -0.341. The molecule has 1 aliphatic heterocycles. The van der Waals surface area contributed by atoms with E-state index in [0.29, 0.717) is 6.42 Å². The maximum atomic E-state index is 12.2. The number of carbonyl (C=O) groups excluding carboxylic acids is 1. The van der Waals surface area contributed by atoms with E-state index in [1.807, 2.05) is 30.3 Å². The number of amides is 1. The second-order valence-electron chi connectivity index (χ2n) is 7.23. The van der Waals surface area contributed by atoms with Gasteiger partial charge in [-0.15, -0.1) is 0 Å². The fraction of sp³-hybridized carbons (Fsp3) is 0.588. The lowest BCUT2D eigenvalue weighted by molar-refractivity contribution is -0.121. The zero-order chi connectivity index (χ0) is 14.8. The van der Waals surface area contributed by atoms with E-state index < -0.39 is 0 Å². The van der Waals surface area contributed by atoms with Crippen LogP contribution < -0.4 is 23.0 Å². The number of nitrogens with one attached hydrogen (secondary N) is 2. The molecule has 1 aliphatic rings. The highest BCUT2D eigenvalue weighted by Gasteiger charge is 2.38. The summed E-state index contributed by atoms with van der Waals surface area (Å²) in [7, 11) is 0. The Labute approximate surface area is 134 Å². The molecule has 0 unspecified atom stereocenters. The van der Waals surface area contributed by atoms with Gasteiger partial charge in [-0.1, -0.05) is 30.3 Å². The highest BCUT2D eigenvalue weighted by Crippen LogP contribution is 2.28. The van der Waals surface area contributed by atoms with Gasteiger partial charge in [-0.05, 0) is 46.1 Å². The van der Waals surface area contributed by atoms with E-state index in [1.165, 1.54) is 0 Å². The Bertz CT molecular complexity index is 455. The highest BCUT2D eigenvalue weighted by molar-refractivity contribution is 5.78. The molecule has 1 amide bonds. The van der Waals surface area contributed by atoms with E-state index in [0.717, 1.165) is 18.4 Å². The van der Waals surface area contributed by atoms with Crippen LogP contribution >= 0.6 is 0 Å². The van der Waals surface area contributed by atoms with Crippen molar-refractivity contribution in [3.8, 4) is 0 Å². The molecule has 0 radical (unpaired) electrons. The molecule has 1 heterocycles. The second-order valence-corrected chi connectivity index (χ2v) is 7.23. The molecule has 118 valence electrons. The third-order valence-corrected chi connectivity index (χ3v) is 3.76. The lowest BCUT2D eigenvalue weighted by Gasteiger charge is -2.46. The molecule has 0 saturated carbocycles. The first kappa shape index (κ1) is 18.0. The summed E-state index contributed by atoms with van der Waals surface area (Å²) in [6.45, 7) is 8.79. The zero-order valence-corrected chi connectivity index (χ0v) is 14.1. The zero-order valence-electron chi connectivity index (χ0n) is 13.4. The molecule has 3 nitrogen and oxygen atoms in total. The molecule has 2 N–H and O–H groups in total. The van der Waals surface area contributed by atoms with E-state index >= 15 is 0 Å². The highest BCUT2D eigenvalue weighted by atomic mass is 35.5. The summed E-state index contributed by atoms with van der Waals surface area (Å²) < 4.78 is 0. The Morgan fingerprint density at radius 2 is 1.67 bits per heavy atom. The number of hydrogen-bond donors (Lipinski definition) is 2. The largest absolute Gasteiger partial charge is 1.00 e. The van der Waals surface area contributed by atoms with Crippen molar-refractivity contribution in [1.29, 1.82) is 0 Å². The first-order chi connectivity index (χ1) is 9.26. The molecule has 0 aromatic heterocycles. The monoisotopic (exact) mass is 309 g/mol. The molecule has 2 rings (SSSR count). The summed E-state index contributed by atoms with van der Waals surface area (Å²) in [6, 6.07) is 10.2. The fourth-order valence-corrected chi connectivity index (χ4v) is 3.48. The minimum atomic E-state index is 0. The lowest BCUT2D eigenvalue weighted by atomic mass is 9.79. The van der Waals surface area contributed by atoms with E-state index in [1.54, 1.807) is 0 Å². The summed E-state index contributed by atoms with van der Waals surface area (Å²) in [6.07, 6.45) is 2.40. The topological polar surface area (TPSA) is 41.1 Å². The predicted molar refractivity (Wildman–Crippen MR) is 82.6 cm³/mol. The van der Waals surface area contributed by atoms with Crippen LogP contribution in [-0.2, 0) is 11.2 Å². The van der Waals surface area contributed by atoms with E-state index in [2.05, 4.69) is 38.3 Å². The number of benzene rings is 1. The molecule has 1 fully saturated rings. The lowest BCUT2D eigenvalue weighted by Crippen LogP contribution is -3.00. The first-order valence-electron chi connectivity index (χ1n) is 7.38. The summed E-state index contributed by atoms with van der Waals surface area (Å²) in [5, 5.41) is 6.83. The van der Waals surface area contributed by atoms with Gasteiger partial charge in [-0.25, -0.2) is 0 Å². The summed E-state index contributed by atoms with van der Waals surface area (Å²) in [5.74, 6) is 0.120. The van der Waals surface area contributed by atoms with Crippen molar-refractivity contribution in [2.24, 2.45) is 0 Å². The van der Waals surface area contributed by atoms with Gasteiger partial charge in [0.05, 0.1) is 6.42 Å². The minimum absolute atomic E-state index is 0.